The van der Waals surface area contributed by atoms with Crippen molar-refractivity contribution in [2.24, 2.45) is 5.92 Å². The molecule has 0 unspecified atom stereocenters. The number of benzene rings is 1. The predicted octanol–water partition coefficient (Wildman–Crippen LogP) is 2.30. The largest absolute Gasteiger partial charge is 0.504 e. The first-order valence-electron chi connectivity index (χ1n) is 6.60. The molecule has 0 amide bonds. The third-order valence-corrected chi connectivity index (χ3v) is 2.82. The van der Waals surface area contributed by atoms with Gasteiger partial charge in [-0.2, -0.15) is 0 Å². The molecule has 0 bridgehead atoms. The fraction of sp³-hybridized carbons (Fsp3) is 0.333. The molecular weight excluding hydrogens is 254 g/mol. The molecule has 1 heterocycles. The average Bonchev–Trinajstić information content (AvgIpc) is 2.42. The quantitative estimate of drug-likeness (QED) is 0.729. The fourth-order valence-corrected chi connectivity index (χ4v) is 1.76. The van der Waals surface area contributed by atoms with Gasteiger partial charge in [0.25, 0.3) is 0 Å². The van der Waals surface area contributed by atoms with Gasteiger partial charge in [-0.05, 0) is 30.7 Å². The van der Waals surface area contributed by atoms with Gasteiger partial charge in [-0.3, -0.25) is 0 Å². The maximum Gasteiger partial charge on any atom is 0.159 e. The lowest BCUT2D eigenvalue weighted by atomic mass is 10.2. The van der Waals surface area contributed by atoms with E-state index in [1.807, 2.05) is 0 Å². The molecule has 2 rings (SSSR count). The molecule has 0 saturated carbocycles. The van der Waals surface area contributed by atoms with Crippen LogP contribution in [0.15, 0.2) is 30.6 Å². The van der Waals surface area contributed by atoms with Gasteiger partial charge in [0.1, 0.15) is 0 Å². The van der Waals surface area contributed by atoms with Crippen LogP contribution in [0.4, 0.5) is 0 Å². The van der Waals surface area contributed by atoms with Gasteiger partial charge in [0.15, 0.2) is 17.3 Å². The van der Waals surface area contributed by atoms with Crippen LogP contribution in [0.3, 0.4) is 0 Å². The van der Waals surface area contributed by atoms with Crippen LogP contribution in [-0.2, 0) is 6.54 Å². The maximum absolute atomic E-state index is 9.47. The zero-order valence-corrected chi connectivity index (χ0v) is 11.7. The van der Waals surface area contributed by atoms with Gasteiger partial charge in [0.05, 0.1) is 0 Å². The Morgan fingerprint density at radius 2 is 1.80 bits per heavy atom. The van der Waals surface area contributed by atoms with Gasteiger partial charge < -0.3 is 15.5 Å². The minimum absolute atomic E-state index is 0.150. The molecule has 0 aliphatic heterocycles. The highest BCUT2D eigenvalue weighted by Crippen LogP contribution is 2.28. The lowest BCUT2D eigenvalue weighted by molar-refractivity contribution is 0.404. The van der Waals surface area contributed by atoms with E-state index in [9.17, 15) is 10.2 Å². The molecule has 0 aliphatic carbocycles. The Bertz CT molecular complexity index is 568. The highest BCUT2D eigenvalue weighted by molar-refractivity contribution is 5.60. The number of aromatic nitrogens is 2. The molecule has 0 aliphatic rings. The van der Waals surface area contributed by atoms with Gasteiger partial charge in [-0.1, -0.05) is 13.8 Å². The van der Waals surface area contributed by atoms with E-state index in [4.69, 9.17) is 0 Å². The van der Waals surface area contributed by atoms with Gasteiger partial charge >= 0.3 is 0 Å². The van der Waals surface area contributed by atoms with Crippen molar-refractivity contribution < 1.29 is 10.2 Å². The molecule has 1 aromatic carbocycles. The van der Waals surface area contributed by atoms with Crippen LogP contribution < -0.4 is 5.32 Å². The van der Waals surface area contributed by atoms with Crippen molar-refractivity contribution >= 4 is 0 Å². The Balaban J connectivity index is 2.05. The van der Waals surface area contributed by atoms with E-state index in [2.05, 4.69) is 29.1 Å². The van der Waals surface area contributed by atoms with Crippen LogP contribution in [0.1, 0.15) is 19.4 Å². The van der Waals surface area contributed by atoms with E-state index in [0.29, 0.717) is 17.3 Å². The molecule has 5 nitrogen and oxygen atoms in total. The molecular formula is C15H19N3O2. The van der Waals surface area contributed by atoms with E-state index in [-0.39, 0.29) is 11.5 Å². The van der Waals surface area contributed by atoms with Gasteiger partial charge in [0, 0.05) is 30.1 Å². The van der Waals surface area contributed by atoms with Crippen molar-refractivity contribution in [3.8, 4) is 22.9 Å². The molecule has 0 saturated heterocycles. The number of hydrogen-bond acceptors (Lipinski definition) is 5. The van der Waals surface area contributed by atoms with E-state index < -0.39 is 0 Å². The fourth-order valence-electron chi connectivity index (χ4n) is 1.76. The van der Waals surface area contributed by atoms with Crippen molar-refractivity contribution in [3.63, 3.8) is 0 Å². The second-order valence-electron chi connectivity index (χ2n) is 5.14. The Kier molecular flexibility index (Phi) is 4.53. The number of hydrogen-bond donors (Lipinski definition) is 3. The number of phenols is 2. The van der Waals surface area contributed by atoms with Crippen molar-refractivity contribution in [2.75, 3.05) is 6.54 Å². The van der Waals surface area contributed by atoms with Crippen LogP contribution in [0, 0.1) is 5.92 Å². The van der Waals surface area contributed by atoms with E-state index in [1.54, 1.807) is 18.5 Å². The highest BCUT2D eigenvalue weighted by atomic mass is 16.3. The summed E-state index contributed by atoms with van der Waals surface area (Å²) in [6, 6.07) is 4.54. The normalized spacial score (nSPS) is 10.9. The molecule has 0 atom stereocenters. The number of nitrogens with zero attached hydrogens (tertiary/aromatic N) is 2. The van der Waals surface area contributed by atoms with Crippen LogP contribution >= 0.6 is 0 Å². The highest BCUT2D eigenvalue weighted by Gasteiger charge is 2.05. The summed E-state index contributed by atoms with van der Waals surface area (Å²) in [6.45, 7) is 6.00. The minimum Gasteiger partial charge on any atom is -0.504 e. The van der Waals surface area contributed by atoms with Crippen molar-refractivity contribution in [2.45, 2.75) is 20.4 Å². The van der Waals surface area contributed by atoms with Crippen molar-refractivity contribution in [1.29, 1.82) is 0 Å². The summed E-state index contributed by atoms with van der Waals surface area (Å²) >= 11 is 0. The SMILES string of the molecule is CC(C)CNCc1cnc(-c2ccc(O)c(O)c2)nc1. The Labute approximate surface area is 118 Å². The monoisotopic (exact) mass is 273 g/mol. The second kappa shape index (κ2) is 6.34. The zero-order valence-electron chi connectivity index (χ0n) is 11.7. The molecule has 3 N–H and O–H groups in total. The average molecular weight is 273 g/mol. The van der Waals surface area contributed by atoms with Gasteiger partial charge in [-0.25, -0.2) is 9.97 Å². The summed E-state index contributed by atoms with van der Waals surface area (Å²) in [7, 11) is 0. The van der Waals surface area contributed by atoms with E-state index >= 15 is 0 Å². The minimum atomic E-state index is -0.172. The molecule has 5 heteroatoms. The van der Waals surface area contributed by atoms with Crippen molar-refractivity contribution in [3.05, 3.63) is 36.2 Å². The number of nitrogens with one attached hydrogen (secondary N) is 1. The summed E-state index contributed by atoms with van der Waals surface area (Å²) in [4.78, 5) is 8.55. The Morgan fingerprint density at radius 1 is 1.10 bits per heavy atom. The van der Waals surface area contributed by atoms with E-state index in [1.165, 1.54) is 12.1 Å². The Hall–Kier alpha value is -2.14. The molecule has 1 aromatic heterocycles. The summed E-state index contributed by atoms with van der Waals surface area (Å²) in [5.74, 6) is 0.806. The third kappa shape index (κ3) is 3.68. The second-order valence-corrected chi connectivity index (χ2v) is 5.14. The standard InChI is InChI=1S/C15H19N3O2/c1-10(2)6-16-7-11-8-17-15(18-9-11)12-3-4-13(19)14(20)5-12/h3-5,8-10,16,19-20H,6-7H2,1-2H3. The van der Waals surface area contributed by atoms with Gasteiger partial charge in [0.2, 0.25) is 0 Å². The van der Waals surface area contributed by atoms with E-state index in [0.717, 1.165) is 18.7 Å². The topological polar surface area (TPSA) is 78.3 Å². The Morgan fingerprint density at radius 3 is 2.40 bits per heavy atom. The third-order valence-electron chi connectivity index (χ3n) is 2.82. The van der Waals surface area contributed by atoms with Crippen LogP contribution in [0.25, 0.3) is 11.4 Å². The van der Waals surface area contributed by atoms with Crippen LogP contribution in [-0.4, -0.2) is 26.7 Å². The molecule has 0 spiro atoms. The summed E-state index contributed by atoms with van der Waals surface area (Å²) in [5, 5.41) is 22.1. The van der Waals surface area contributed by atoms with Crippen molar-refractivity contribution in [1.82, 2.24) is 15.3 Å². The van der Waals surface area contributed by atoms with Crippen LogP contribution in [0.5, 0.6) is 11.5 Å². The number of aromatic hydroxyl groups is 2. The molecule has 2 aromatic rings. The lowest BCUT2D eigenvalue weighted by Gasteiger charge is -2.07. The number of phenolic OH excluding ortho intramolecular Hbond substituents is 2. The first kappa shape index (κ1) is 14.3. The first-order chi connectivity index (χ1) is 9.56. The van der Waals surface area contributed by atoms with Crippen LogP contribution in [0.2, 0.25) is 0 Å². The molecule has 106 valence electrons. The number of rotatable bonds is 5. The summed E-state index contributed by atoms with van der Waals surface area (Å²) in [6.07, 6.45) is 3.53. The predicted molar refractivity (Wildman–Crippen MR) is 77.3 cm³/mol. The summed E-state index contributed by atoms with van der Waals surface area (Å²) < 4.78 is 0. The maximum atomic E-state index is 9.47. The smallest absolute Gasteiger partial charge is 0.159 e. The summed E-state index contributed by atoms with van der Waals surface area (Å²) in [5.41, 5.74) is 1.68. The first-order valence-corrected chi connectivity index (χ1v) is 6.60. The van der Waals surface area contributed by atoms with Gasteiger partial charge in [-0.15, -0.1) is 0 Å². The lowest BCUT2D eigenvalue weighted by Crippen LogP contribution is -2.19. The molecule has 20 heavy (non-hydrogen) atoms. The molecule has 0 radical (unpaired) electrons. The molecule has 0 fully saturated rings. The zero-order chi connectivity index (χ0) is 14.5.